The van der Waals surface area contributed by atoms with E-state index in [0.717, 1.165) is 0 Å². The van der Waals surface area contributed by atoms with Crippen LogP contribution in [0.4, 0.5) is 4.79 Å². The summed E-state index contributed by atoms with van der Waals surface area (Å²) in [5.74, 6) is -1.88. The first-order chi connectivity index (χ1) is 9.67. The minimum Gasteiger partial charge on any atom is -0.508 e. The van der Waals surface area contributed by atoms with Gasteiger partial charge in [0.05, 0.1) is 5.92 Å². The molecule has 0 spiro atoms. The highest BCUT2D eigenvalue weighted by Gasteiger charge is 2.34. The molecule has 1 heterocycles. The monoisotopic (exact) mass is 293 g/mol. The van der Waals surface area contributed by atoms with Crippen molar-refractivity contribution in [3.05, 3.63) is 29.3 Å². The molecule has 1 unspecified atom stereocenters. The lowest BCUT2D eigenvalue weighted by atomic mass is 9.90. The Bertz CT molecular complexity index is 576. The molecule has 2 rings (SSSR count). The second-order valence-corrected chi connectivity index (χ2v) is 6.13. The third-order valence-corrected chi connectivity index (χ3v) is 3.22. The maximum atomic E-state index is 12.1. The molecular formula is C15H19NO5. The molecule has 0 saturated heterocycles. The van der Waals surface area contributed by atoms with Crippen molar-refractivity contribution in [2.75, 3.05) is 6.54 Å². The van der Waals surface area contributed by atoms with Gasteiger partial charge in [0.1, 0.15) is 11.4 Å². The van der Waals surface area contributed by atoms with E-state index < -0.39 is 23.6 Å². The van der Waals surface area contributed by atoms with Crippen LogP contribution >= 0.6 is 0 Å². The van der Waals surface area contributed by atoms with Gasteiger partial charge < -0.3 is 19.8 Å². The number of benzene rings is 1. The Morgan fingerprint density at radius 1 is 1.33 bits per heavy atom. The molecule has 1 aromatic rings. The molecule has 0 saturated carbocycles. The van der Waals surface area contributed by atoms with Crippen LogP contribution in [0.1, 0.15) is 37.8 Å². The molecule has 114 valence electrons. The number of aromatic hydroxyl groups is 1. The summed E-state index contributed by atoms with van der Waals surface area (Å²) in [7, 11) is 0. The number of carbonyl (C=O) groups is 2. The van der Waals surface area contributed by atoms with E-state index in [-0.39, 0.29) is 18.8 Å². The third kappa shape index (κ3) is 3.45. The summed E-state index contributed by atoms with van der Waals surface area (Å²) in [6.07, 6.45) is -0.535. The average Bonchev–Trinajstić information content (AvgIpc) is 2.35. The van der Waals surface area contributed by atoms with E-state index in [4.69, 9.17) is 4.74 Å². The fourth-order valence-electron chi connectivity index (χ4n) is 2.32. The zero-order chi connectivity index (χ0) is 15.8. The molecule has 1 aliphatic rings. The minimum absolute atomic E-state index is 0.0192. The molecular weight excluding hydrogens is 274 g/mol. The lowest BCUT2D eigenvalue weighted by Gasteiger charge is -2.34. The number of rotatable bonds is 1. The number of phenolic OH excluding ortho intramolecular Hbond substituents is 1. The van der Waals surface area contributed by atoms with Gasteiger partial charge in [0.15, 0.2) is 0 Å². The van der Waals surface area contributed by atoms with Gasteiger partial charge in [-0.1, -0.05) is 6.07 Å². The first-order valence-corrected chi connectivity index (χ1v) is 6.70. The van der Waals surface area contributed by atoms with Gasteiger partial charge in [0.25, 0.3) is 0 Å². The van der Waals surface area contributed by atoms with Crippen molar-refractivity contribution in [3.63, 3.8) is 0 Å². The van der Waals surface area contributed by atoms with Crippen molar-refractivity contribution in [1.29, 1.82) is 0 Å². The van der Waals surface area contributed by atoms with Crippen LogP contribution in [0, 0.1) is 0 Å². The Hall–Kier alpha value is -2.24. The number of carboxylic acids is 1. The van der Waals surface area contributed by atoms with Crippen LogP contribution in [-0.4, -0.2) is 39.3 Å². The highest BCUT2D eigenvalue weighted by molar-refractivity contribution is 5.79. The predicted octanol–water partition coefficient (Wildman–Crippen LogP) is 2.31. The lowest BCUT2D eigenvalue weighted by Crippen LogP contribution is -2.43. The van der Waals surface area contributed by atoms with Crippen molar-refractivity contribution < 1.29 is 24.5 Å². The number of carbonyl (C=O) groups excluding carboxylic acids is 1. The summed E-state index contributed by atoms with van der Waals surface area (Å²) in [6, 6.07) is 4.56. The number of phenols is 1. The van der Waals surface area contributed by atoms with Crippen LogP contribution in [0.15, 0.2) is 18.2 Å². The van der Waals surface area contributed by atoms with Gasteiger partial charge in [0, 0.05) is 13.1 Å². The zero-order valence-electron chi connectivity index (χ0n) is 12.3. The standard InChI is InChI=1S/C15H19NO5/c1-15(2,3)21-14(20)16-7-9-4-5-10(17)6-11(9)12(8-16)13(18)19/h4-6,12,17H,7-8H2,1-3H3,(H,18,19). The number of hydrogen-bond acceptors (Lipinski definition) is 4. The maximum Gasteiger partial charge on any atom is 0.410 e. The predicted molar refractivity (Wildman–Crippen MR) is 75.1 cm³/mol. The van der Waals surface area contributed by atoms with Gasteiger partial charge in [-0.3, -0.25) is 4.79 Å². The Balaban J connectivity index is 2.29. The molecule has 1 aromatic carbocycles. The summed E-state index contributed by atoms with van der Waals surface area (Å²) in [4.78, 5) is 24.9. The summed E-state index contributed by atoms with van der Waals surface area (Å²) in [5, 5.41) is 18.9. The van der Waals surface area contributed by atoms with E-state index >= 15 is 0 Å². The molecule has 6 nitrogen and oxygen atoms in total. The van der Waals surface area contributed by atoms with Gasteiger partial charge in [-0.15, -0.1) is 0 Å². The molecule has 0 aliphatic carbocycles. The van der Waals surface area contributed by atoms with Crippen LogP contribution in [0.5, 0.6) is 5.75 Å². The van der Waals surface area contributed by atoms with E-state index in [1.165, 1.54) is 17.0 Å². The Kier molecular flexibility index (Phi) is 3.80. The van der Waals surface area contributed by atoms with Crippen LogP contribution in [0.2, 0.25) is 0 Å². The second-order valence-electron chi connectivity index (χ2n) is 6.13. The number of fused-ring (bicyclic) bond motifs is 1. The van der Waals surface area contributed by atoms with Crippen molar-refractivity contribution in [2.45, 2.75) is 38.8 Å². The number of hydrogen-bond donors (Lipinski definition) is 2. The molecule has 0 radical (unpaired) electrons. The van der Waals surface area contributed by atoms with Crippen LogP contribution in [0.3, 0.4) is 0 Å². The quantitative estimate of drug-likeness (QED) is 0.829. The van der Waals surface area contributed by atoms with E-state index in [2.05, 4.69) is 0 Å². The largest absolute Gasteiger partial charge is 0.508 e. The van der Waals surface area contributed by atoms with E-state index in [1.54, 1.807) is 26.8 Å². The van der Waals surface area contributed by atoms with Crippen molar-refractivity contribution in [2.24, 2.45) is 0 Å². The fraction of sp³-hybridized carbons (Fsp3) is 0.467. The number of nitrogens with zero attached hydrogens (tertiary/aromatic N) is 1. The first kappa shape index (κ1) is 15.2. The lowest BCUT2D eigenvalue weighted by molar-refractivity contribution is -0.139. The van der Waals surface area contributed by atoms with Crippen molar-refractivity contribution >= 4 is 12.1 Å². The molecule has 1 amide bonds. The van der Waals surface area contributed by atoms with Crippen LogP contribution in [0.25, 0.3) is 0 Å². The minimum atomic E-state index is -1.03. The van der Waals surface area contributed by atoms with E-state index in [9.17, 15) is 19.8 Å². The average molecular weight is 293 g/mol. The normalized spacial score (nSPS) is 18.0. The van der Waals surface area contributed by atoms with Crippen LogP contribution < -0.4 is 0 Å². The SMILES string of the molecule is CC(C)(C)OC(=O)N1Cc2ccc(O)cc2C(C(=O)O)C1. The molecule has 2 N–H and O–H groups in total. The van der Waals surface area contributed by atoms with Gasteiger partial charge >= 0.3 is 12.1 Å². The number of aliphatic carboxylic acids is 1. The summed E-state index contributed by atoms with van der Waals surface area (Å²) in [5.41, 5.74) is 0.616. The molecule has 0 bridgehead atoms. The van der Waals surface area contributed by atoms with E-state index in [0.29, 0.717) is 11.1 Å². The fourth-order valence-corrected chi connectivity index (χ4v) is 2.32. The Morgan fingerprint density at radius 2 is 2.00 bits per heavy atom. The van der Waals surface area contributed by atoms with Gasteiger partial charge in [-0.2, -0.15) is 0 Å². The molecule has 1 aliphatic heterocycles. The highest BCUT2D eigenvalue weighted by atomic mass is 16.6. The molecule has 0 aromatic heterocycles. The van der Waals surface area contributed by atoms with E-state index in [1.807, 2.05) is 0 Å². The van der Waals surface area contributed by atoms with Gasteiger partial charge in [-0.05, 0) is 44.0 Å². The number of ether oxygens (including phenoxy) is 1. The summed E-state index contributed by atoms with van der Waals surface area (Å²) >= 11 is 0. The topological polar surface area (TPSA) is 87.1 Å². The molecule has 21 heavy (non-hydrogen) atoms. The van der Waals surface area contributed by atoms with Crippen LogP contribution in [-0.2, 0) is 16.1 Å². The number of carboxylic acid groups (broad SMARTS) is 1. The van der Waals surface area contributed by atoms with Gasteiger partial charge in [0.2, 0.25) is 0 Å². The zero-order valence-corrected chi connectivity index (χ0v) is 12.3. The maximum absolute atomic E-state index is 12.1. The number of amides is 1. The summed E-state index contributed by atoms with van der Waals surface area (Å²) < 4.78 is 5.29. The Labute approximate surface area is 122 Å². The molecule has 6 heteroatoms. The summed E-state index contributed by atoms with van der Waals surface area (Å²) in [6.45, 7) is 5.58. The first-order valence-electron chi connectivity index (χ1n) is 6.70. The molecule has 1 atom stereocenters. The van der Waals surface area contributed by atoms with Crippen molar-refractivity contribution in [1.82, 2.24) is 4.90 Å². The Morgan fingerprint density at radius 3 is 2.57 bits per heavy atom. The third-order valence-electron chi connectivity index (χ3n) is 3.22. The highest BCUT2D eigenvalue weighted by Crippen LogP contribution is 2.32. The second kappa shape index (κ2) is 5.27. The van der Waals surface area contributed by atoms with Crippen molar-refractivity contribution in [3.8, 4) is 5.75 Å². The van der Waals surface area contributed by atoms with Gasteiger partial charge in [-0.25, -0.2) is 4.79 Å². The molecule has 0 fully saturated rings. The smallest absolute Gasteiger partial charge is 0.410 e.